The zero-order chi connectivity index (χ0) is 21.3. The molecule has 0 amide bonds. The summed E-state index contributed by atoms with van der Waals surface area (Å²) in [7, 11) is 0. The highest BCUT2D eigenvalue weighted by atomic mass is 35.5. The van der Waals surface area contributed by atoms with Gasteiger partial charge in [-0.3, -0.25) is 0 Å². The second kappa shape index (κ2) is 7.89. The van der Waals surface area contributed by atoms with E-state index in [0.29, 0.717) is 22.2 Å². The number of nitrogens with one attached hydrogen (secondary N) is 1. The van der Waals surface area contributed by atoms with Crippen molar-refractivity contribution < 1.29 is 22.6 Å². The molecular formula is C20H11ClF3N3O2S. The fourth-order valence-corrected chi connectivity index (χ4v) is 3.66. The smallest absolute Gasteiger partial charge is 0.416 e. The number of allylic oxidation sites excluding steroid dienone is 1. The normalized spacial score (nSPS) is 13.2. The number of nitrogens with zero attached hydrogens (tertiary/aromatic N) is 2. The van der Waals surface area contributed by atoms with Gasteiger partial charge >= 0.3 is 6.18 Å². The first-order valence-electron chi connectivity index (χ1n) is 8.44. The Hall–Kier alpha value is -3.22. The lowest BCUT2D eigenvalue weighted by molar-refractivity contribution is -0.137. The standard InChI is InChI=1S/C20H11ClF3N3O2S/c21-14-3-2-13(20(22,23)24)6-15(14)26-8-12(7-25)19-27-16(9-30-19)11-1-4-17-18(5-11)29-10-28-17/h1-6,8-9,26H,10H2/b12-8+. The molecule has 0 radical (unpaired) electrons. The van der Waals surface area contributed by atoms with E-state index in [4.69, 9.17) is 21.1 Å². The van der Waals surface area contributed by atoms with Gasteiger partial charge in [0.05, 0.1) is 22.0 Å². The number of alkyl halides is 3. The summed E-state index contributed by atoms with van der Waals surface area (Å²) >= 11 is 7.20. The molecular weight excluding hydrogens is 439 g/mol. The fourth-order valence-electron chi connectivity index (χ4n) is 2.69. The Bertz CT molecular complexity index is 1180. The van der Waals surface area contributed by atoms with Gasteiger partial charge in [0.15, 0.2) is 11.5 Å². The van der Waals surface area contributed by atoms with Gasteiger partial charge in [-0.15, -0.1) is 11.3 Å². The van der Waals surface area contributed by atoms with Crippen molar-refractivity contribution in [1.29, 1.82) is 5.26 Å². The predicted octanol–water partition coefficient (Wildman–Crippen LogP) is 6.19. The van der Waals surface area contributed by atoms with E-state index in [1.54, 1.807) is 17.5 Å². The third-order valence-electron chi connectivity index (χ3n) is 4.19. The van der Waals surface area contributed by atoms with Crippen LogP contribution in [-0.4, -0.2) is 11.8 Å². The summed E-state index contributed by atoms with van der Waals surface area (Å²) in [4.78, 5) is 4.45. The van der Waals surface area contributed by atoms with Crippen molar-refractivity contribution in [3.05, 3.63) is 63.6 Å². The minimum Gasteiger partial charge on any atom is -0.454 e. The number of halogens is 4. The summed E-state index contributed by atoms with van der Waals surface area (Å²) in [5, 5.41) is 14.4. The Morgan fingerprint density at radius 2 is 2.00 bits per heavy atom. The molecule has 0 atom stereocenters. The van der Waals surface area contributed by atoms with Crippen molar-refractivity contribution in [3.8, 4) is 28.8 Å². The highest BCUT2D eigenvalue weighted by Gasteiger charge is 2.30. The summed E-state index contributed by atoms with van der Waals surface area (Å²) in [6, 6.07) is 10.3. The van der Waals surface area contributed by atoms with Crippen LogP contribution in [0, 0.1) is 11.3 Å². The average molecular weight is 450 g/mol. The molecule has 152 valence electrons. The van der Waals surface area contributed by atoms with Crippen LogP contribution >= 0.6 is 22.9 Å². The van der Waals surface area contributed by atoms with E-state index in [0.717, 1.165) is 23.8 Å². The van der Waals surface area contributed by atoms with Crippen LogP contribution in [0.3, 0.4) is 0 Å². The zero-order valence-electron chi connectivity index (χ0n) is 15.0. The van der Waals surface area contributed by atoms with Crippen molar-refractivity contribution in [1.82, 2.24) is 4.98 Å². The van der Waals surface area contributed by atoms with Gasteiger partial charge in [-0.1, -0.05) is 11.6 Å². The first-order chi connectivity index (χ1) is 14.3. The number of rotatable bonds is 4. The Kier molecular flexibility index (Phi) is 5.28. The molecule has 2 aromatic carbocycles. The quantitative estimate of drug-likeness (QED) is 0.481. The van der Waals surface area contributed by atoms with E-state index >= 15 is 0 Å². The summed E-state index contributed by atoms with van der Waals surface area (Å²) in [5.74, 6) is 1.26. The zero-order valence-corrected chi connectivity index (χ0v) is 16.5. The Morgan fingerprint density at radius 1 is 1.20 bits per heavy atom. The summed E-state index contributed by atoms with van der Waals surface area (Å²) in [6.45, 7) is 0.159. The molecule has 5 nitrogen and oxygen atoms in total. The lowest BCUT2D eigenvalue weighted by atomic mass is 10.1. The van der Waals surface area contributed by atoms with E-state index in [1.165, 1.54) is 17.5 Å². The lowest BCUT2D eigenvalue weighted by Crippen LogP contribution is -2.05. The molecule has 30 heavy (non-hydrogen) atoms. The molecule has 1 aliphatic heterocycles. The van der Waals surface area contributed by atoms with Gasteiger partial charge < -0.3 is 14.8 Å². The highest BCUT2D eigenvalue weighted by molar-refractivity contribution is 7.11. The molecule has 0 spiro atoms. The second-order valence-corrected chi connectivity index (χ2v) is 7.38. The molecule has 0 saturated heterocycles. The third-order valence-corrected chi connectivity index (χ3v) is 5.39. The average Bonchev–Trinajstić information content (AvgIpc) is 3.37. The van der Waals surface area contributed by atoms with Crippen LogP contribution < -0.4 is 14.8 Å². The number of anilines is 1. The SMILES string of the molecule is N#C/C(=C\Nc1cc(C(F)(F)F)ccc1Cl)c1nc(-c2ccc3c(c2)OCO3)cs1. The Balaban J connectivity index is 1.58. The predicted molar refractivity (Wildman–Crippen MR) is 107 cm³/mol. The second-order valence-electron chi connectivity index (χ2n) is 6.11. The van der Waals surface area contributed by atoms with E-state index in [1.807, 2.05) is 12.1 Å². The van der Waals surface area contributed by atoms with Gasteiger partial charge in [0.2, 0.25) is 6.79 Å². The number of benzene rings is 2. The van der Waals surface area contributed by atoms with Gasteiger partial charge in [0.1, 0.15) is 16.6 Å². The fraction of sp³-hybridized carbons (Fsp3) is 0.100. The molecule has 1 N–H and O–H groups in total. The molecule has 4 rings (SSSR count). The van der Waals surface area contributed by atoms with Gasteiger partial charge in [-0.25, -0.2) is 4.98 Å². The Morgan fingerprint density at radius 3 is 2.77 bits per heavy atom. The third kappa shape index (κ3) is 4.06. The molecule has 0 unspecified atom stereocenters. The van der Waals surface area contributed by atoms with Crippen LogP contribution in [0.4, 0.5) is 18.9 Å². The number of nitriles is 1. The molecule has 3 aromatic rings. The maximum absolute atomic E-state index is 12.9. The number of ether oxygens (including phenoxy) is 2. The van der Waals surface area contributed by atoms with Crippen LogP contribution in [0.25, 0.3) is 16.8 Å². The monoisotopic (exact) mass is 449 g/mol. The van der Waals surface area contributed by atoms with Crippen molar-refractivity contribution in [2.24, 2.45) is 0 Å². The highest BCUT2D eigenvalue weighted by Crippen LogP contribution is 2.37. The molecule has 1 aliphatic rings. The van der Waals surface area contributed by atoms with Crippen LogP contribution in [0.15, 0.2) is 48.0 Å². The van der Waals surface area contributed by atoms with Crippen molar-refractivity contribution in [3.63, 3.8) is 0 Å². The number of thiazole rings is 1. The minimum atomic E-state index is -4.50. The number of hydrogen-bond donors (Lipinski definition) is 1. The molecule has 0 aliphatic carbocycles. The number of hydrogen-bond acceptors (Lipinski definition) is 6. The lowest BCUT2D eigenvalue weighted by Gasteiger charge is -2.10. The number of fused-ring (bicyclic) bond motifs is 1. The topological polar surface area (TPSA) is 67.2 Å². The summed E-state index contributed by atoms with van der Waals surface area (Å²) in [6.07, 6.45) is -3.22. The largest absolute Gasteiger partial charge is 0.454 e. The van der Waals surface area contributed by atoms with E-state index in [-0.39, 0.29) is 23.1 Å². The minimum absolute atomic E-state index is 0.0341. The first kappa shape index (κ1) is 20.1. The molecule has 1 aromatic heterocycles. The molecule has 0 fully saturated rings. The van der Waals surface area contributed by atoms with E-state index in [9.17, 15) is 18.4 Å². The molecule has 2 heterocycles. The van der Waals surface area contributed by atoms with Gasteiger partial charge in [-0.05, 0) is 36.4 Å². The summed E-state index contributed by atoms with van der Waals surface area (Å²) < 4.78 is 49.4. The van der Waals surface area contributed by atoms with Crippen molar-refractivity contribution >= 4 is 34.2 Å². The van der Waals surface area contributed by atoms with E-state index < -0.39 is 11.7 Å². The Labute approximate surface area is 178 Å². The van der Waals surface area contributed by atoms with Crippen LogP contribution in [0.5, 0.6) is 11.5 Å². The van der Waals surface area contributed by atoms with Gasteiger partial charge in [0, 0.05) is 17.1 Å². The van der Waals surface area contributed by atoms with E-state index in [2.05, 4.69) is 10.3 Å². The van der Waals surface area contributed by atoms with Crippen LogP contribution in [0.2, 0.25) is 5.02 Å². The van der Waals surface area contributed by atoms with Crippen LogP contribution in [0.1, 0.15) is 10.6 Å². The van der Waals surface area contributed by atoms with Gasteiger partial charge in [0.25, 0.3) is 0 Å². The van der Waals surface area contributed by atoms with Gasteiger partial charge in [-0.2, -0.15) is 18.4 Å². The number of aromatic nitrogens is 1. The maximum Gasteiger partial charge on any atom is 0.416 e. The molecule has 10 heteroatoms. The molecule has 0 saturated carbocycles. The van der Waals surface area contributed by atoms with Crippen LogP contribution in [-0.2, 0) is 6.18 Å². The maximum atomic E-state index is 12.9. The first-order valence-corrected chi connectivity index (χ1v) is 9.70. The summed E-state index contributed by atoms with van der Waals surface area (Å²) in [5.41, 5.74) is 0.757. The van der Waals surface area contributed by atoms with Crippen molar-refractivity contribution in [2.75, 3.05) is 12.1 Å². The van der Waals surface area contributed by atoms with Crippen molar-refractivity contribution in [2.45, 2.75) is 6.18 Å². The molecule has 0 bridgehead atoms.